The fourth-order valence-corrected chi connectivity index (χ4v) is 3.96. The molecule has 0 radical (unpaired) electrons. The van der Waals surface area contributed by atoms with Crippen LogP contribution >= 0.6 is 0 Å². The molecule has 2 aromatic carbocycles. The van der Waals surface area contributed by atoms with Crippen LogP contribution in [-0.4, -0.2) is 21.9 Å². The molecule has 0 aromatic heterocycles. The molecule has 0 heterocycles. The van der Waals surface area contributed by atoms with Crippen molar-refractivity contribution in [1.82, 2.24) is 5.32 Å². The molecule has 126 valence electrons. The van der Waals surface area contributed by atoms with Crippen molar-refractivity contribution in [3.05, 3.63) is 65.5 Å². The Morgan fingerprint density at radius 3 is 2.50 bits per heavy atom. The van der Waals surface area contributed by atoms with Crippen molar-refractivity contribution in [3.63, 3.8) is 0 Å². The van der Waals surface area contributed by atoms with Crippen molar-refractivity contribution in [2.24, 2.45) is 0 Å². The van der Waals surface area contributed by atoms with Gasteiger partial charge in [-0.15, -0.1) is 0 Å². The van der Waals surface area contributed by atoms with Crippen LogP contribution in [0.4, 0.5) is 4.39 Å². The molecule has 1 saturated carbocycles. The maximum Gasteiger partial charge on any atom is 0.252 e. The van der Waals surface area contributed by atoms with Crippen LogP contribution in [0.5, 0.6) is 0 Å². The van der Waals surface area contributed by atoms with E-state index < -0.39 is 10.8 Å². The zero-order valence-corrected chi connectivity index (χ0v) is 14.3. The summed E-state index contributed by atoms with van der Waals surface area (Å²) < 4.78 is 25.0. The van der Waals surface area contributed by atoms with Gasteiger partial charge in [-0.1, -0.05) is 31.2 Å². The summed E-state index contributed by atoms with van der Waals surface area (Å²) >= 11 is 0. The van der Waals surface area contributed by atoms with Crippen LogP contribution in [0.25, 0.3) is 0 Å². The fourth-order valence-electron chi connectivity index (χ4n) is 3.01. The van der Waals surface area contributed by atoms with Gasteiger partial charge in [0.2, 0.25) is 0 Å². The number of benzene rings is 2. The van der Waals surface area contributed by atoms with Crippen LogP contribution in [0.2, 0.25) is 0 Å². The Morgan fingerprint density at radius 2 is 1.83 bits per heavy atom. The highest BCUT2D eigenvalue weighted by molar-refractivity contribution is 7.85. The average Bonchev–Trinajstić information content (AvgIpc) is 2.58. The van der Waals surface area contributed by atoms with Gasteiger partial charge in [-0.25, -0.2) is 4.39 Å². The average molecular weight is 345 g/mol. The van der Waals surface area contributed by atoms with E-state index in [1.807, 2.05) is 6.92 Å². The molecule has 1 unspecified atom stereocenters. The minimum atomic E-state index is -1.16. The quantitative estimate of drug-likeness (QED) is 0.899. The Kier molecular flexibility index (Phi) is 5.09. The predicted molar refractivity (Wildman–Crippen MR) is 93.0 cm³/mol. The van der Waals surface area contributed by atoms with E-state index in [0.29, 0.717) is 22.1 Å². The first-order valence-corrected chi connectivity index (χ1v) is 9.44. The van der Waals surface area contributed by atoms with E-state index in [1.54, 1.807) is 36.4 Å². The second kappa shape index (κ2) is 7.26. The molecule has 0 aliphatic heterocycles. The molecule has 1 amide bonds. The van der Waals surface area contributed by atoms with E-state index in [0.717, 1.165) is 18.4 Å². The number of hydrogen-bond acceptors (Lipinski definition) is 2. The lowest BCUT2D eigenvalue weighted by molar-refractivity contribution is 0.0905. The van der Waals surface area contributed by atoms with Crippen LogP contribution in [0.1, 0.15) is 41.6 Å². The van der Waals surface area contributed by atoms with Crippen LogP contribution in [-0.2, 0) is 10.8 Å². The van der Waals surface area contributed by atoms with E-state index >= 15 is 0 Å². The molecule has 0 saturated heterocycles. The van der Waals surface area contributed by atoms with Gasteiger partial charge in [-0.3, -0.25) is 9.00 Å². The Hall–Kier alpha value is -2.01. The molecule has 3 nitrogen and oxygen atoms in total. The van der Waals surface area contributed by atoms with Gasteiger partial charge in [-0.05, 0) is 48.6 Å². The van der Waals surface area contributed by atoms with Crippen molar-refractivity contribution in [2.75, 3.05) is 5.75 Å². The van der Waals surface area contributed by atoms with Gasteiger partial charge < -0.3 is 5.32 Å². The molecule has 1 atom stereocenters. The lowest BCUT2D eigenvalue weighted by Gasteiger charge is -2.36. The van der Waals surface area contributed by atoms with Crippen LogP contribution in [0.3, 0.4) is 0 Å². The standard InChI is InChI=1S/C19H20FNO2S/c1-2-24(23)18-6-4-3-5-17(18)19(22)21-16-11-14(12-16)13-7-9-15(20)10-8-13/h3-10,14,16H,2,11-12H2,1H3,(H,21,22). The number of nitrogens with one attached hydrogen (secondary N) is 1. The second-order valence-corrected chi connectivity index (χ2v) is 7.73. The SMILES string of the molecule is CCS(=O)c1ccccc1C(=O)NC1CC(c2ccc(F)cc2)C1. The Morgan fingerprint density at radius 1 is 1.17 bits per heavy atom. The summed E-state index contributed by atoms with van der Waals surface area (Å²) in [5.41, 5.74) is 1.59. The van der Waals surface area contributed by atoms with E-state index in [2.05, 4.69) is 5.32 Å². The van der Waals surface area contributed by atoms with Gasteiger partial charge in [0.1, 0.15) is 5.82 Å². The topological polar surface area (TPSA) is 46.2 Å². The number of carbonyl (C=O) groups is 1. The smallest absolute Gasteiger partial charge is 0.252 e. The largest absolute Gasteiger partial charge is 0.349 e. The second-order valence-electron chi connectivity index (χ2n) is 6.02. The molecule has 1 aliphatic rings. The molecule has 3 rings (SSSR count). The molecular weight excluding hydrogens is 325 g/mol. The van der Waals surface area contributed by atoms with Crippen molar-refractivity contribution >= 4 is 16.7 Å². The van der Waals surface area contributed by atoms with Gasteiger partial charge in [0, 0.05) is 11.8 Å². The summed E-state index contributed by atoms with van der Waals surface area (Å²) in [4.78, 5) is 13.1. The summed E-state index contributed by atoms with van der Waals surface area (Å²) in [7, 11) is -1.16. The summed E-state index contributed by atoms with van der Waals surface area (Å²) in [5, 5.41) is 3.02. The third-order valence-corrected chi connectivity index (χ3v) is 5.82. The number of rotatable bonds is 5. The summed E-state index contributed by atoms with van der Waals surface area (Å²) in [6.07, 6.45) is 1.69. The summed E-state index contributed by atoms with van der Waals surface area (Å²) in [5.74, 6) is 0.440. The number of halogens is 1. The minimum absolute atomic E-state index is 0.107. The molecule has 5 heteroatoms. The molecule has 1 fully saturated rings. The maximum absolute atomic E-state index is 13.0. The third-order valence-electron chi connectivity index (χ3n) is 4.45. The highest BCUT2D eigenvalue weighted by Crippen LogP contribution is 2.37. The molecule has 1 N–H and O–H groups in total. The molecule has 2 aromatic rings. The first-order valence-electron chi connectivity index (χ1n) is 8.12. The number of carbonyl (C=O) groups excluding carboxylic acids is 1. The highest BCUT2D eigenvalue weighted by atomic mass is 32.2. The van der Waals surface area contributed by atoms with Gasteiger partial charge in [0.25, 0.3) is 5.91 Å². The molecular formula is C19H20FNO2S. The van der Waals surface area contributed by atoms with Crippen molar-refractivity contribution < 1.29 is 13.4 Å². The number of amides is 1. The molecule has 0 spiro atoms. The summed E-state index contributed by atoms with van der Waals surface area (Å²) in [6, 6.07) is 13.7. The van der Waals surface area contributed by atoms with E-state index in [4.69, 9.17) is 0 Å². The van der Waals surface area contributed by atoms with Crippen molar-refractivity contribution in [3.8, 4) is 0 Å². The zero-order chi connectivity index (χ0) is 17.1. The molecule has 24 heavy (non-hydrogen) atoms. The lowest BCUT2D eigenvalue weighted by Crippen LogP contribution is -2.43. The van der Waals surface area contributed by atoms with Gasteiger partial charge in [0.05, 0.1) is 21.3 Å². The predicted octanol–water partition coefficient (Wildman–Crippen LogP) is 3.63. The Balaban J connectivity index is 1.61. The van der Waals surface area contributed by atoms with E-state index in [-0.39, 0.29) is 17.8 Å². The van der Waals surface area contributed by atoms with Crippen molar-refractivity contribution in [2.45, 2.75) is 36.6 Å². The van der Waals surface area contributed by atoms with Gasteiger partial charge >= 0.3 is 0 Å². The van der Waals surface area contributed by atoms with Crippen LogP contribution in [0, 0.1) is 5.82 Å². The van der Waals surface area contributed by atoms with Crippen LogP contribution < -0.4 is 5.32 Å². The Bertz CT molecular complexity index is 754. The zero-order valence-electron chi connectivity index (χ0n) is 13.5. The first-order chi connectivity index (χ1) is 11.6. The minimum Gasteiger partial charge on any atom is -0.349 e. The van der Waals surface area contributed by atoms with E-state index in [9.17, 15) is 13.4 Å². The van der Waals surface area contributed by atoms with Gasteiger partial charge in [-0.2, -0.15) is 0 Å². The van der Waals surface area contributed by atoms with Crippen LogP contribution in [0.15, 0.2) is 53.4 Å². The molecule has 0 bridgehead atoms. The van der Waals surface area contributed by atoms with Gasteiger partial charge in [0.15, 0.2) is 0 Å². The highest BCUT2D eigenvalue weighted by Gasteiger charge is 2.32. The van der Waals surface area contributed by atoms with E-state index in [1.165, 1.54) is 12.1 Å². The number of hydrogen-bond donors (Lipinski definition) is 1. The first kappa shape index (κ1) is 16.8. The monoisotopic (exact) mass is 345 g/mol. The lowest BCUT2D eigenvalue weighted by atomic mass is 9.76. The Labute approximate surface area is 143 Å². The fraction of sp³-hybridized carbons (Fsp3) is 0.316. The maximum atomic E-state index is 13.0. The third kappa shape index (κ3) is 3.56. The summed E-state index contributed by atoms with van der Waals surface area (Å²) in [6.45, 7) is 1.84. The normalized spacial score (nSPS) is 20.9. The molecule has 1 aliphatic carbocycles. The van der Waals surface area contributed by atoms with Crippen molar-refractivity contribution in [1.29, 1.82) is 0 Å².